The van der Waals surface area contributed by atoms with Gasteiger partial charge in [0.25, 0.3) is 0 Å². The summed E-state index contributed by atoms with van der Waals surface area (Å²) < 4.78 is 0. The second-order valence-electron chi connectivity index (χ2n) is 5.66. The molecule has 0 aromatic heterocycles. The van der Waals surface area contributed by atoms with E-state index in [2.05, 4.69) is 22.0 Å². The molecular formula is C16H20N4O2. The summed E-state index contributed by atoms with van der Waals surface area (Å²) in [5.41, 5.74) is 2.20. The van der Waals surface area contributed by atoms with E-state index in [9.17, 15) is 9.59 Å². The number of carbonyl (C=O) groups is 2. The number of benzene rings is 1. The highest BCUT2D eigenvalue weighted by Crippen LogP contribution is 2.30. The Balaban J connectivity index is 1.95. The van der Waals surface area contributed by atoms with Crippen molar-refractivity contribution in [1.29, 1.82) is 5.26 Å². The highest BCUT2D eigenvalue weighted by molar-refractivity contribution is 5.96. The van der Waals surface area contributed by atoms with Gasteiger partial charge in [-0.25, -0.2) is 4.79 Å². The number of hydrogen-bond donors (Lipinski definition) is 3. The van der Waals surface area contributed by atoms with Crippen LogP contribution in [0.5, 0.6) is 0 Å². The minimum Gasteiger partial charge on any atom is -0.337 e. The average molecular weight is 300 g/mol. The van der Waals surface area contributed by atoms with Gasteiger partial charge in [-0.1, -0.05) is 6.07 Å². The van der Waals surface area contributed by atoms with E-state index in [-0.39, 0.29) is 23.8 Å². The molecule has 1 saturated carbocycles. The number of nitrogens with zero attached hydrogens (tertiary/aromatic N) is 1. The zero-order valence-corrected chi connectivity index (χ0v) is 12.8. The van der Waals surface area contributed by atoms with Gasteiger partial charge >= 0.3 is 6.03 Å². The molecule has 1 atom stereocenters. The molecule has 1 unspecified atom stereocenters. The first kappa shape index (κ1) is 15.8. The number of nitriles is 1. The molecule has 0 aliphatic heterocycles. The van der Waals surface area contributed by atoms with Crippen molar-refractivity contribution in [1.82, 2.24) is 5.32 Å². The monoisotopic (exact) mass is 300 g/mol. The Kier molecular flexibility index (Phi) is 4.99. The molecule has 6 heteroatoms. The Morgan fingerprint density at radius 1 is 1.36 bits per heavy atom. The minimum atomic E-state index is -0.365. The third-order valence-corrected chi connectivity index (χ3v) is 3.49. The number of aryl methyl sites for hydroxylation is 1. The summed E-state index contributed by atoms with van der Waals surface area (Å²) in [7, 11) is 0. The first-order valence-corrected chi connectivity index (χ1v) is 7.35. The molecule has 0 heterocycles. The number of rotatable bonds is 5. The van der Waals surface area contributed by atoms with Gasteiger partial charge < -0.3 is 16.0 Å². The molecule has 3 amide bonds. The fourth-order valence-electron chi connectivity index (χ4n) is 1.88. The van der Waals surface area contributed by atoms with Crippen LogP contribution in [-0.4, -0.2) is 18.5 Å². The number of amides is 3. The van der Waals surface area contributed by atoms with Gasteiger partial charge in [-0.2, -0.15) is 5.26 Å². The highest BCUT2D eigenvalue weighted by Gasteiger charge is 2.29. The third-order valence-electron chi connectivity index (χ3n) is 3.49. The number of anilines is 2. The van der Waals surface area contributed by atoms with Crippen LogP contribution in [0.3, 0.4) is 0 Å². The summed E-state index contributed by atoms with van der Waals surface area (Å²) in [5, 5.41) is 16.9. The summed E-state index contributed by atoms with van der Waals surface area (Å²) in [6, 6.07) is 7.09. The van der Waals surface area contributed by atoms with Crippen LogP contribution in [0.1, 0.15) is 25.3 Å². The Morgan fingerprint density at radius 2 is 2.09 bits per heavy atom. The van der Waals surface area contributed by atoms with Gasteiger partial charge in [0.05, 0.1) is 12.0 Å². The molecule has 22 heavy (non-hydrogen) atoms. The summed E-state index contributed by atoms with van der Waals surface area (Å²) in [6.07, 6.45) is 1.89. The van der Waals surface area contributed by atoms with Crippen molar-refractivity contribution in [2.75, 3.05) is 17.2 Å². The predicted molar refractivity (Wildman–Crippen MR) is 84.3 cm³/mol. The van der Waals surface area contributed by atoms with Gasteiger partial charge in [-0.05, 0) is 44.4 Å². The van der Waals surface area contributed by atoms with Gasteiger partial charge in [0.1, 0.15) is 0 Å². The molecular weight excluding hydrogens is 280 g/mol. The molecule has 6 nitrogen and oxygen atoms in total. The Morgan fingerprint density at radius 3 is 2.73 bits per heavy atom. The average Bonchev–Trinajstić information content (AvgIpc) is 3.33. The minimum absolute atomic E-state index is 0.0297. The summed E-state index contributed by atoms with van der Waals surface area (Å²) in [6.45, 7) is 3.90. The maximum atomic E-state index is 11.8. The second kappa shape index (κ2) is 6.94. The van der Waals surface area contributed by atoms with Gasteiger partial charge in [-0.15, -0.1) is 0 Å². The maximum Gasteiger partial charge on any atom is 0.319 e. The van der Waals surface area contributed by atoms with Crippen LogP contribution in [0, 0.1) is 30.1 Å². The SMILES string of the molecule is Cc1ccc(NC(=O)C2CC2)cc1NC(=O)NCC(C)C#N. The van der Waals surface area contributed by atoms with Gasteiger partial charge in [0.15, 0.2) is 0 Å². The molecule has 1 aliphatic carbocycles. The van der Waals surface area contributed by atoms with Crippen LogP contribution in [0.15, 0.2) is 18.2 Å². The van der Waals surface area contributed by atoms with E-state index in [4.69, 9.17) is 5.26 Å². The standard InChI is InChI=1S/C16H20N4O2/c1-10(8-17)9-18-16(22)20-14-7-13(6-3-11(14)2)19-15(21)12-4-5-12/h3,6-7,10,12H,4-5,9H2,1-2H3,(H,19,21)(H2,18,20,22). The molecule has 0 spiro atoms. The molecule has 1 aliphatic rings. The Labute approximate surface area is 129 Å². The van der Waals surface area contributed by atoms with Crippen LogP contribution < -0.4 is 16.0 Å². The first-order chi connectivity index (χ1) is 10.5. The lowest BCUT2D eigenvalue weighted by molar-refractivity contribution is -0.117. The number of nitrogens with one attached hydrogen (secondary N) is 3. The second-order valence-corrected chi connectivity index (χ2v) is 5.66. The highest BCUT2D eigenvalue weighted by atomic mass is 16.2. The molecule has 2 rings (SSSR count). The van der Waals surface area contributed by atoms with Crippen LogP contribution in [0.4, 0.5) is 16.2 Å². The molecule has 1 aromatic rings. The van der Waals surface area contributed by atoms with Crippen LogP contribution >= 0.6 is 0 Å². The van der Waals surface area contributed by atoms with Crippen molar-refractivity contribution in [3.05, 3.63) is 23.8 Å². The summed E-state index contributed by atoms with van der Waals surface area (Å²) in [5.74, 6) is -0.0772. The van der Waals surface area contributed by atoms with Crippen LogP contribution in [-0.2, 0) is 4.79 Å². The fraction of sp³-hybridized carbons (Fsp3) is 0.438. The fourth-order valence-corrected chi connectivity index (χ4v) is 1.88. The summed E-state index contributed by atoms with van der Waals surface area (Å²) >= 11 is 0. The number of urea groups is 1. The topological polar surface area (TPSA) is 94.0 Å². The van der Waals surface area contributed by atoms with Crippen molar-refractivity contribution in [2.45, 2.75) is 26.7 Å². The largest absolute Gasteiger partial charge is 0.337 e. The van der Waals surface area contributed by atoms with Gasteiger partial charge in [0, 0.05) is 23.8 Å². The maximum absolute atomic E-state index is 11.8. The molecule has 0 bridgehead atoms. The van der Waals surface area contributed by atoms with E-state index in [1.807, 2.05) is 19.1 Å². The van der Waals surface area contributed by atoms with Crippen molar-refractivity contribution in [3.63, 3.8) is 0 Å². The van der Waals surface area contributed by atoms with E-state index in [0.29, 0.717) is 17.9 Å². The third kappa shape index (κ3) is 4.48. The quantitative estimate of drug-likeness (QED) is 0.780. The lowest BCUT2D eigenvalue weighted by atomic mass is 10.1. The van der Waals surface area contributed by atoms with E-state index in [1.54, 1.807) is 13.0 Å². The number of carbonyl (C=O) groups excluding carboxylic acids is 2. The predicted octanol–water partition coefficient (Wildman–Crippen LogP) is 2.62. The van der Waals surface area contributed by atoms with E-state index >= 15 is 0 Å². The zero-order chi connectivity index (χ0) is 16.1. The molecule has 3 N–H and O–H groups in total. The molecule has 0 radical (unpaired) electrons. The molecule has 1 aromatic carbocycles. The first-order valence-electron chi connectivity index (χ1n) is 7.35. The van der Waals surface area contributed by atoms with E-state index < -0.39 is 0 Å². The van der Waals surface area contributed by atoms with Crippen LogP contribution in [0.25, 0.3) is 0 Å². The van der Waals surface area contributed by atoms with Gasteiger partial charge in [0.2, 0.25) is 5.91 Å². The molecule has 0 saturated heterocycles. The summed E-state index contributed by atoms with van der Waals surface area (Å²) in [4.78, 5) is 23.6. The Hall–Kier alpha value is -2.55. The zero-order valence-electron chi connectivity index (χ0n) is 12.8. The Bertz CT molecular complexity index is 617. The molecule has 116 valence electrons. The smallest absolute Gasteiger partial charge is 0.319 e. The van der Waals surface area contributed by atoms with E-state index in [1.165, 1.54) is 0 Å². The van der Waals surface area contributed by atoms with Crippen molar-refractivity contribution >= 4 is 23.3 Å². The normalized spacial score (nSPS) is 14.6. The number of hydrogen-bond acceptors (Lipinski definition) is 3. The van der Waals surface area contributed by atoms with Gasteiger partial charge in [-0.3, -0.25) is 4.79 Å². The van der Waals surface area contributed by atoms with Crippen molar-refractivity contribution in [3.8, 4) is 6.07 Å². The molecule has 1 fully saturated rings. The lowest BCUT2D eigenvalue weighted by Crippen LogP contribution is -2.32. The van der Waals surface area contributed by atoms with Crippen LogP contribution in [0.2, 0.25) is 0 Å². The lowest BCUT2D eigenvalue weighted by Gasteiger charge is -2.12. The van der Waals surface area contributed by atoms with Crippen molar-refractivity contribution in [2.24, 2.45) is 11.8 Å². The van der Waals surface area contributed by atoms with Crippen molar-refractivity contribution < 1.29 is 9.59 Å². The van der Waals surface area contributed by atoms with E-state index in [0.717, 1.165) is 18.4 Å².